The first kappa shape index (κ1) is 17.4. The molecule has 0 radical (unpaired) electrons. The highest BCUT2D eigenvalue weighted by atomic mass is 16.5. The highest BCUT2D eigenvalue weighted by Gasteiger charge is 2.20. The van der Waals surface area contributed by atoms with Gasteiger partial charge in [0.05, 0.1) is 12.2 Å². The van der Waals surface area contributed by atoms with E-state index < -0.39 is 5.97 Å². The number of likely N-dealkylation sites (N-methyl/N-ethyl adjacent to an activating group) is 1. The van der Waals surface area contributed by atoms with E-state index in [0.717, 1.165) is 12.2 Å². The van der Waals surface area contributed by atoms with Gasteiger partial charge in [0.2, 0.25) is 0 Å². The van der Waals surface area contributed by atoms with E-state index in [1.54, 1.807) is 12.1 Å². The lowest BCUT2D eigenvalue weighted by Gasteiger charge is -2.25. The first-order chi connectivity index (χ1) is 9.79. The Bertz CT molecular complexity index is 481. The number of carboxylic acids is 1. The van der Waals surface area contributed by atoms with E-state index in [1.807, 2.05) is 39.5 Å². The first-order valence-electron chi connectivity index (χ1n) is 7.38. The molecule has 0 spiro atoms. The molecule has 0 fully saturated rings. The molecule has 0 aliphatic carbocycles. The highest BCUT2D eigenvalue weighted by molar-refractivity contribution is 5.88. The van der Waals surface area contributed by atoms with Gasteiger partial charge in [0, 0.05) is 30.8 Å². The standard InChI is InChI=1S/C16H26N2O3/c1-6-18(8-9-21-7-2)14-11-12(15(19)20)10-13(17-14)16(3,4)5/h10-11H,6-9H2,1-5H3,(H,19,20). The van der Waals surface area contributed by atoms with Crippen molar-refractivity contribution in [1.29, 1.82) is 0 Å². The van der Waals surface area contributed by atoms with E-state index in [-0.39, 0.29) is 11.0 Å². The van der Waals surface area contributed by atoms with Crippen LogP contribution in [0.5, 0.6) is 0 Å². The Balaban J connectivity index is 3.14. The molecule has 0 bridgehead atoms. The predicted molar refractivity (Wildman–Crippen MR) is 84.3 cm³/mol. The molecule has 0 unspecified atom stereocenters. The maximum atomic E-state index is 11.3. The second kappa shape index (κ2) is 7.41. The number of aromatic carboxylic acids is 1. The summed E-state index contributed by atoms with van der Waals surface area (Å²) in [5.74, 6) is -0.230. The van der Waals surface area contributed by atoms with Crippen molar-refractivity contribution >= 4 is 11.8 Å². The number of nitrogens with zero attached hydrogens (tertiary/aromatic N) is 2. The van der Waals surface area contributed by atoms with Crippen LogP contribution in [-0.4, -0.2) is 42.4 Å². The second-order valence-corrected chi connectivity index (χ2v) is 5.93. The summed E-state index contributed by atoms with van der Waals surface area (Å²) < 4.78 is 5.38. The second-order valence-electron chi connectivity index (χ2n) is 5.93. The van der Waals surface area contributed by atoms with Gasteiger partial charge in [-0.15, -0.1) is 0 Å². The number of carboxylic acid groups (broad SMARTS) is 1. The number of hydrogen-bond donors (Lipinski definition) is 1. The third-order valence-electron chi connectivity index (χ3n) is 3.24. The van der Waals surface area contributed by atoms with Crippen LogP contribution in [0.2, 0.25) is 0 Å². The zero-order valence-corrected chi connectivity index (χ0v) is 13.6. The summed E-state index contributed by atoms with van der Waals surface area (Å²) in [6, 6.07) is 3.29. The van der Waals surface area contributed by atoms with Gasteiger partial charge in [0.1, 0.15) is 5.82 Å². The van der Waals surface area contributed by atoms with Crippen molar-refractivity contribution in [3.63, 3.8) is 0 Å². The maximum absolute atomic E-state index is 11.3. The van der Waals surface area contributed by atoms with Crippen LogP contribution in [0.15, 0.2) is 12.1 Å². The molecule has 0 saturated heterocycles. The van der Waals surface area contributed by atoms with E-state index in [9.17, 15) is 9.90 Å². The van der Waals surface area contributed by atoms with E-state index in [2.05, 4.69) is 4.98 Å². The summed E-state index contributed by atoms with van der Waals surface area (Å²) >= 11 is 0. The van der Waals surface area contributed by atoms with Crippen molar-refractivity contribution in [2.24, 2.45) is 0 Å². The molecular formula is C16H26N2O3. The van der Waals surface area contributed by atoms with Crippen LogP contribution < -0.4 is 4.90 Å². The van der Waals surface area contributed by atoms with Gasteiger partial charge in [-0.25, -0.2) is 9.78 Å². The molecule has 1 N–H and O–H groups in total. The minimum Gasteiger partial charge on any atom is -0.478 e. The fourth-order valence-corrected chi connectivity index (χ4v) is 1.94. The van der Waals surface area contributed by atoms with E-state index in [0.29, 0.717) is 25.6 Å². The third kappa shape index (κ3) is 5.01. The van der Waals surface area contributed by atoms with E-state index in [1.165, 1.54) is 0 Å². The Morgan fingerprint density at radius 1 is 1.33 bits per heavy atom. The number of carbonyl (C=O) groups is 1. The van der Waals surface area contributed by atoms with Crippen molar-refractivity contribution < 1.29 is 14.6 Å². The third-order valence-corrected chi connectivity index (χ3v) is 3.24. The van der Waals surface area contributed by atoms with Crippen LogP contribution in [0.4, 0.5) is 5.82 Å². The zero-order chi connectivity index (χ0) is 16.0. The van der Waals surface area contributed by atoms with Crippen LogP contribution in [0, 0.1) is 0 Å². The Morgan fingerprint density at radius 2 is 2.00 bits per heavy atom. The first-order valence-corrected chi connectivity index (χ1v) is 7.38. The van der Waals surface area contributed by atoms with Gasteiger partial charge in [-0.05, 0) is 26.0 Å². The Labute approximate surface area is 126 Å². The van der Waals surface area contributed by atoms with Crippen molar-refractivity contribution in [1.82, 2.24) is 4.98 Å². The maximum Gasteiger partial charge on any atom is 0.335 e. The Hall–Kier alpha value is -1.62. The number of ether oxygens (including phenoxy) is 1. The molecule has 5 heteroatoms. The van der Waals surface area contributed by atoms with Crippen LogP contribution in [0.25, 0.3) is 0 Å². The molecular weight excluding hydrogens is 268 g/mol. The minimum absolute atomic E-state index is 0.195. The Kier molecular flexibility index (Phi) is 6.15. The molecule has 118 valence electrons. The van der Waals surface area contributed by atoms with Gasteiger partial charge < -0.3 is 14.7 Å². The van der Waals surface area contributed by atoms with Gasteiger partial charge in [0.25, 0.3) is 0 Å². The van der Waals surface area contributed by atoms with Crippen LogP contribution >= 0.6 is 0 Å². The van der Waals surface area contributed by atoms with Crippen LogP contribution in [0.1, 0.15) is 50.7 Å². The lowest BCUT2D eigenvalue weighted by Crippen LogP contribution is -2.29. The highest BCUT2D eigenvalue weighted by Crippen LogP contribution is 2.25. The number of anilines is 1. The molecule has 5 nitrogen and oxygen atoms in total. The molecule has 1 aromatic heterocycles. The van der Waals surface area contributed by atoms with Crippen molar-refractivity contribution in [2.45, 2.75) is 40.0 Å². The number of hydrogen-bond acceptors (Lipinski definition) is 4. The summed E-state index contributed by atoms with van der Waals surface area (Å²) in [7, 11) is 0. The van der Waals surface area contributed by atoms with Gasteiger partial charge in [0.15, 0.2) is 0 Å². The average Bonchev–Trinajstić information content (AvgIpc) is 2.42. The molecule has 0 atom stereocenters. The molecule has 0 aliphatic heterocycles. The SMILES string of the molecule is CCOCCN(CC)c1cc(C(=O)O)cc(C(C)(C)C)n1. The van der Waals surface area contributed by atoms with Gasteiger partial charge in [-0.2, -0.15) is 0 Å². The lowest BCUT2D eigenvalue weighted by atomic mass is 9.90. The number of pyridine rings is 1. The predicted octanol–water partition coefficient (Wildman–Crippen LogP) is 2.94. The minimum atomic E-state index is -0.926. The smallest absolute Gasteiger partial charge is 0.335 e. The quantitative estimate of drug-likeness (QED) is 0.783. The lowest BCUT2D eigenvalue weighted by molar-refractivity contribution is 0.0696. The number of rotatable bonds is 7. The summed E-state index contributed by atoms with van der Waals surface area (Å²) in [6.07, 6.45) is 0. The normalized spacial score (nSPS) is 11.5. The fraction of sp³-hybridized carbons (Fsp3) is 0.625. The summed E-state index contributed by atoms with van der Waals surface area (Å²) in [4.78, 5) is 18.0. The molecule has 1 heterocycles. The van der Waals surface area contributed by atoms with Crippen LogP contribution in [-0.2, 0) is 10.2 Å². The molecule has 0 aliphatic rings. The van der Waals surface area contributed by atoms with Gasteiger partial charge >= 0.3 is 5.97 Å². The number of aromatic nitrogens is 1. The van der Waals surface area contributed by atoms with E-state index >= 15 is 0 Å². The molecule has 1 aromatic rings. The van der Waals surface area contributed by atoms with Crippen molar-refractivity contribution in [2.75, 3.05) is 31.2 Å². The monoisotopic (exact) mass is 294 g/mol. The molecule has 0 saturated carbocycles. The topological polar surface area (TPSA) is 62.7 Å². The zero-order valence-electron chi connectivity index (χ0n) is 13.6. The average molecular weight is 294 g/mol. The molecule has 1 rings (SSSR count). The fourth-order valence-electron chi connectivity index (χ4n) is 1.94. The van der Waals surface area contributed by atoms with E-state index in [4.69, 9.17) is 4.74 Å². The molecule has 0 amide bonds. The van der Waals surface area contributed by atoms with Crippen molar-refractivity contribution in [3.05, 3.63) is 23.4 Å². The summed E-state index contributed by atoms with van der Waals surface area (Å²) in [6.45, 7) is 12.8. The van der Waals surface area contributed by atoms with Gasteiger partial charge in [-0.1, -0.05) is 20.8 Å². The summed E-state index contributed by atoms with van der Waals surface area (Å²) in [5.41, 5.74) is 0.867. The van der Waals surface area contributed by atoms with Crippen LogP contribution in [0.3, 0.4) is 0 Å². The summed E-state index contributed by atoms with van der Waals surface area (Å²) in [5, 5.41) is 9.30. The Morgan fingerprint density at radius 3 is 2.48 bits per heavy atom. The van der Waals surface area contributed by atoms with Gasteiger partial charge in [-0.3, -0.25) is 0 Å². The largest absolute Gasteiger partial charge is 0.478 e. The van der Waals surface area contributed by atoms with Crippen molar-refractivity contribution in [3.8, 4) is 0 Å². The molecule has 21 heavy (non-hydrogen) atoms. The molecule has 0 aromatic carbocycles.